The molecular weight excluding hydrogens is 365 g/mol. The van der Waals surface area contributed by atoms with Gasteiger partial charge in [0, 0.05) is 35.6 Å². The number of fused-ring (bicyclic) bond motifs is 1. The van der Waals surface area contributed by atoms with Crippen LogP contribution in [0.4, 0.5) is 15.8 Å². The van der Waals surface area contributed by atoms with E-state index in [1.54, 1.807) is 41.6 Å². The van der Waals surface area contributed by atoms with Gasteiger partial charge in [-0.25, -0.2) is 4.39 Å². The first kappa shape index (κ1) is 17.5. The predicted octanol–water partition coefficient (Wildman–Crippen LogP) is 4.69. The molecule has 0 aliphatic carbocycles. The molecule has 0 unspecified atom stereocenters. The fourth-order valence-electron chi connectivity index (χ4n) is 3.19. The third-order valence-corrected chi connectivity index (χ3v) is 4.82. The molecule has 0 saturated heterocycles. The van der Waals surface area contributed by atoms with Crippen LogP contribution in [0.2, 0.25) is 5.02 Å². The van der Waals surface area contributed by atoms with Crippen LogP contribution in [0.15, 0.2) is 60.9 Å². The molecular formula is C21H17ClFN3O. The number of amides is 1. The summed E-state index contributed by atoms with van der Waals surface area (Å²) in [6.45, 7) is 1.11. The number of rotatable bonds is 4. The SMILES string of the molecule is O=C1c2ccc(Cl)cc2CCN1c1cncc(CNc2ccc(F)cc2)c1. The maximum Gasteiger partial charge on any atom is 0.258 e. The van der Waals surface area contributed by atoms with Gasteiger partial charge in [0.15, 0.2) is 0 Å². The Morgan fingerprint density at radius 1 is 1.11 bits per heavy atom. The molecule has 0 spiro atoms. The molecule has 6 heteroatoms. The van der Waals surface area contributed by atoms with E-state index >= 15 is 0 Å². The number of nitrogens with zero attached hydrogens (tertiary/aromatic N) is 2. The zero-order valence-electron chi connectivity index (χ0n) is 14.5. The van der Waals surface area contributed by atoms with Crippen molar-refractivity contribution in [1.29, 1.82) is 0 Å². The quantitative estimate of drug-likeness (QED) is 0.713. The van der Waals surface area contributed by atoms with Crippen molar-refractivity contribution in [1.82, 2.24) is 4.98 Å². The number of hydrogen-bond donors (Lipinski definition) is 1. The molecule has 0 fully saturated rings. The van der Waals surface area contributed by atoms with Gasteiger partial charge in [0.25, 0.3) is 5.91 Å². The summed E-state index contributed by atoms with van der Waals surface area (Å²) in [5.41, 5.74) is 4.18. The van der Waals surface area contributed by atoms with Gasteiger partial charge in [-0.2, -0.15) is 0 Å². The van der Waals surface area contributed by atoms with E-state index in [1.807, 2.05) is 12.1 Å². The summed E-state index contributed by atoms with van der Waals surface area (Å²) in [5.74, 6) is -0.312. The Bertz CT molecular complexity index is 991. The van der Waals surface area contributed by atoms with E-state index in [1.165, 1.54) is 12.1 Å². The van der Waals surface area contributed by atoms with Crippen LogP contribution in [-0.4, -0.2) is 17.4 Å². The zero-order valence-corrected chi connectivity index (χ0v) is 15.2. The molecule has 136 valence electrons. The summed E-state index contributed by atoms with van der Waals surface area (Å²) in [7, 11) is 0. The van der Waals surface area contributed by atoms with Crippen LogP contribution in [0, 0.1) is 5.82 Å². The van der Waals surface area contributed by atoms with Crippen LogP contribution in [0.3, 0.4) is 0 Å². The maximum absolute atomic E-state index is 13.0. The molecule has 1 N–H and O–H groups in total. The van der Waals surface area contributed by atoms with Gasteiger partial charge >= 0.3 is 0 Å². The van der Waals surface area contributed by atoms with Crippen LogP contribution >= 0.6 is 11.6 Å². The van der Waals surface area contributed by atoms with Gasteiger partial charge < -0.3 is 10.2 Å². The summed E-state index contributed by atoms with van der Waals surface area (Å²) in [5, 5.41) is 3.87. The minimum Gasteiger partial charge on any atom is -0.381 e. The Morgan fingerprint density at radius 2 is 1.93 bits per heavy atom. The molecule has 1 amide bonds. The highest BCUT2D eigenvalue weighted by molar-refractivity contribution is 6.30. The Hall–Kier alpha value is -2.92. The summed E-state index contributed by atoms with van der Waals surface area (Å²) in [6.07, 6.45) is 4.20. The lowest BCUT2D eigenvalue weighted by atomic mass is 9.98. The molecule has 4 rings (SSSR count). The number of nitrogens with one attached hydrogen (secondary N) is 1. The summed E-state index contributed by atoms with van der Waals surface area (Å²) in [4.78, 5) is 18.9. The second kappa shape index (κ2) is 7.37. The minimum atomic E-state index is -0.269. The van der Waals surface area contributed by atoms with Crippen LogP contribution in [0.5, 0.6) is 0 Å². The molecule has 2 aromatic carbocycles. The number of carbonyl (C=O) groups excluding carboxylic acids is 1. The largest absolute Gasteiger partial charge is 0.381 e. The van der Waals surface area contributed by atoms with Crippen molar-refractivity contribution in [2.75, 3.05) is 16.8 Å². The number of aromatic nitrogens is 1. The average Bonchev–Trinajstić information content (AvgIpc) is 2.68. The molecule has 0 radical (unpaired) electrons. The normalized spacial score (nSPS) is 13.4. The van der Waals surface area contributed by atoms with Crippen molar-refractivity contribution in [3.63, 3.8) is 0 Å². The highest BCUT2D eigenvalue weighted by atomic mass is 35.5. The Labute approximate surface area is 161 Å². The summed E-state index contributed by atoms with van der Waals surface area (Å²) < 4.78 is 13.0. The van der Waals surface area contributed by atoms with Gasteiger partial charge in [0.05, 0.1) is 11.9 Å². The van der Waals surface area contributed by atoms with Crippen molar-refractivity contribution >= 4 is 28.9 Å². The Balaban J connectivity index is 1.51. The molecule has 4 nitrogen and oxygen atoms in total. The van der Waals surface area contributed by atoms with Crippen molar-refractivity contribution < 1.29 is 9.18 Å². The minimum absolute atomic E-state index is 0.0432. The topological polar surface area (TPSA) is 45.2 Å². The molecule has 1 aromatic heterocycles. The number of benzene rings is 2. The monoisotopic (exact) mass is 381 g/mol. The maximum atomic E-state index is 13.0. The molecule has 1 aliphatic rings. The van der Waals surface area contributed by atoms with E-state index in [2.05, 4.69) is 10.3 Å². The summed E-state index contributed by atoms with van der Waals surface area (Å²) in [6, 6.07) is 13.5. The second-order valence-corrected chi connectivity index (χ2v) is 6.86. The smallest absolute Gasteiger partial charge is 0.258 e. The number of carbonyl (C=O) groups is 1. The van der Waals surface area contributed by atoms with Gasteiger partial charge in [-0.3, -0.25) is 9.78 Å². The van der Waals surface area contributed by atoms with Crippen molar-refractivity contribution in [2.24, 2.45) is 0 Å². The molecule has 0 atom stereocenters. The first-order valence-electron chi connectivity index (χ1n) is 8.64. The lowest BCUT2D eigenvalue weighted by molar-refractivity contribution is 0.0980. The second-order valence-electron chi connectivity index (χ2n) is 6.42. The number of anilines is 2. The molecule has 3 aromatic rings. The first-order chi connectivity index (χ1) is 13.1. The highest BCUT2D eigenvalue weighted by Gasteiger charge is 2.25. The van der Waals surface area contributed by atoms with Gasteiger partial charge in [-0.15, -0.1) is 0 Å². The molecule has 0 saturated carbocycles. The van der Waals surface area contributed by atoms with Crippen molar-refractivity contribution in [2.45, 2.75) is 13.0 Å². The predicted molar refractivity (Wildman–Crippen MR) is 105 cm³/mol. The highest BCUT2D eigenvalue weighted by Crippen LogP contribution is 2.26. The summed E-state index contributed by atoms with van der Waals surface area (Å²) >= 11 is 6.03. The van der Waals surface area contributed by atoms with E-state index in [9.17, 15) is 9.18 Å². The molecule has 2 heterocycles. The number of halogens is 2. The Morgan fingerprint density at radius 3 is 2.74 bits per heavy atom. The van der Waals surface area contributed by atoms with E-state index < -0.39 is 0 Å². The van der Waals surface area contributed by atoms with Gasteiger partial charge in [-0.05, 0) is 66.1 Å². The third-order valence-electron chi connectivity index (χ3n) is 4.58. The van der Waals surface area contributed by atoms with Crippen LogP contribution in [0.1, 0.15) is 21.5 Å². The lowest BCUT2D eigenvalue weighted by Gasteiger charge is -2.28. The van der Waals surface area contributed by atoms with Crippen LogP contribution < -0.4 is 10.2 Å². The Kier molecular flexibility index (Phi) is 4.77. The van der Waals surface area contributed by atoms with E-state index in [-0.39, 0.29) is 11.7 Å². The fourth-order valence-corrected chi connectivity index (χ4v) is 3.39. The molecule has 27 heavy (non-hydrogen) atoms. The van der Waals surface area contributed by atoms with E-state index in [0.717, 1.165) is 28.9 Å². The lowest BCUT2D eigenvalue weighted by Crippen LogP contribution is -2.37. The number of pyridine rings is 1. The standard InChI is InChI=1S/C21H17ClFN3O/c22-16-1-6-20-15(10-16)7-8-26(21(20)27)19-9-14(11-24-13-19)12-25-18-4-2-17(23)3-5-18/h1-6,9-11,13,25H,7-8,12H2. The van der Waals surface area contributed by atoms with Crippen LogP contribution in [0.25, 0.3) is 0 Å². The van der Waals surface area contributed by atoms with E-state index in [0.29, 0.717) is 23.7 Å². The van der Waals surface area contributed by atoms with Gasteiger partial charge in [-0.1, -0.05) is 11.6 Å². The fraction of sp³-hybridized carbons (Fsp3) is 0.143. The average molecular weight is 382 g/mol. The van der Waals surface area contributed by atoms with Gasteiger partial charge in [0.1, 0.15) is 5.82 Å². The zero-order chi connectivity index (χ0) is 18.8. The van der Waals surface area contributed by atoms with Crippen molar-refractivity contribution in [3.8, 4) is 0 Å². The first-order valence-corrected chi connectivity index (χ1v) is 9.01. The van der Waals surface area contributed by atoms with Gasteiger partial charge in [0.2, 0.25) is 0 Å². The van der Waals surface area contributed by atoms with Crippen LogP contribution in [-0.2, 0) is 13.0 Å². The van der Waals surface area contributed by atoms with Crippen molar-refractivity contribution in [3.05, 3.63) is 88.5 Å². The third kappa shape index (κ3) is 3.78. The van der Waals surface area contributed by atoms with E-state index in [4.69, 9.17) is 11.6 Å². The molecule has 0 bridgehead atoms. The number of hydrogen-bond acceptors (Lipinski definition) is 3. The molecule has 1 aliphatic heterocycles.